The van der Waals surface area contributed by atoms with Gasteiger partial charge in [0.15, 0.2) is 0 Å². The second-order valence-corrected chi connectivity index (χ2v) is 5.35. The number of rotatable bonds is 2. The highest BCUT2D eigenvalue weighted by atomic mass is 16.6. The number of aromatic nitrogens is 2. The van der Waals surface area contributed by atoms with Crippen LogP contribution in [0.25, 0.3) is 0 Å². The second-order valence-electron chi connectivity index (χ2n) is 5.35. The van der Waals surface area contributed by atoms with E-state index < -0.39 is 11.7 Å². The standard InChI is InChI=1S/C12H20N4O2/c1-12(2,3)18-11(17)15-8-10-14-7-9-6-13-4-5-16(9)10/h7,13H,4-6,8H2,1-3H3,(H,15,17). The molecular weight excluding hydrogens is 232 g/mol. The maximum absolute atomic E-state index is 11.5. The molecule has 1 aliphatic heterocycles. The number of carbonyl (C=O) groups is 1. The molecule has 2 rings (SSSR count). The van der Waals surface area contributed by atoms with Crippen molar-refractivity contribution in [1.29, 1.82) is 0 Å². The Morgan fingerprint density at radius 2 is 2.39 bits per heavy atom. The molecule has 0 aromatic carbocycles. The molecule has 0 bridgehead atoms. The number of carbonyl (C=O) groups excluding carboxylic acids is 1. The molecule has 0 atom stereocenters. The molecule has 1 aliphatic rings. The van der Waals surface area contributed by atoms with E-state index in [9.17, 15) is 4.79 Å². The number of imidazole rings is 1. The van der Waals surface area contributed by atoms with Gasteiger partial charge in [0.05, 0.1) is 12.2 Å². The second kappa shape index (κ2) is 4.97. The van der Waals surface area contributed by atoms with Crippen molar-refractivity contribution in [2.24, 2.45) is 0 Å². The topological polar surface area (TPSA) is 68.2 Å². The van der Waals surface area contributed by atoms with Crippen LogP contribution in [0.1, 0.15) is 32.3 Å². The number of ether oxygens (including phenoxy) is 1. The van der Waals surface area contributed by atoms with Gasteiger partial charge in [-0.15, -0.1) is 0 Å². The zero-order valence-electron chi connectivity index (χ0n) is 11.1. The van der Waals surface area contributed by atoms with E-state index in [-0.39, 0.29) is 0 Å². The summed E-state index contributed by atoms with van der Waals surface area (Å²) < 4.78 is 7.31. The molecule has 0 fully saturated rings. The number of nitrogens with zero attached hydrogens (tertiary/aromatic N) is 2. The minimum absolute atomic E-state index is 0.398. The van der Waals surface area contributed by atoms with Crippen molar-refractivity contribution in [3.8, 4) is 0 Å². The molecule has 0 saturated heterocycles. The quantitative estimate of drug-likeness (QED) is 0.824. The van der Waals surface area contributed by atoms with E-state index in [0.717, 1.165) is 31.2 Å². The lowest BCUT2D eigenvalue weighted by atomic mass is 10.2. The molecular formula is C12H20N4O2. The lowest BCUT2D eigenvalue weighted by Crippen LogP contribution is -2.34. The molecule has 0 aliphatic carbocycles. The monoisotopic (exact) mass is 252 g/mol. The Kier molecular flexibility index (Phi) is 3.56. The van der Waals surface area contributed by atoms with Crippen molar-refractivity contribution in [3.05, 3.63) is 17.7 Å². The molecule has 2 heterocycles. The van der Waals surface area contributed by atoms with E-state index in [1.165, 1.54) is 0 Å². The molecule has 0 saturated carbocycles. The third-order valence-corrected chi connectivity index (χ3v) is 2.63. The summed E-state index contributed by atoms with van der Waals surface area (Å²) in [7, 11) is 0. The summed E-state index contributed by atoms with van der Waals surface area (Å²) in [4.78, 5) is 15.9. The first-order valence-corrected chi connectivity index (χ1v) is 6.16. The first-order valence-electron chi connectivity index (χ1n) is 6.16. The molecule has 1 aromatic rings. The fourth-order valence-electron chi connectivity index (χ4n) is 1.88. The molecule has 1 amide bonds. The predicted molar refractivity (Wildman–Crippen MR) is 67.0 cm³/mol. The number of hydrogen-bond donors (Lipinski definition) is 2. The average Bonchev–Trinajstić information content (AvgIpc) is 2.67. The Hall–Kier alpha value is -1.56. The Balaban J connectivity index is 1.91. The van der Waals surface area contributed by atoms with E-state index in [2.05, 4.69) is 20.2 Å². The van der Waals surface area contributed by atoms with Gasteiger partial charge < -0.3 is 19.9 Å². The van der Waals surface area contributed by atoms with Crippen LogP contribution in [0.3, 0.4) is 0 Å². The summed E-state index contributed by atoms with van der Waals surface area (Å²) in [6.45, 7) is 8.58. The van der Waals surface area contributed by atoms with E-state index in [1.807, 2.05) is 27.0 Å². The number of nitrogens with one attached hydrogen (secondary N) is 2. The van der Waals surface area contributed by atoms with Gasteiger partial charge in [-0.3, -0.25) is 0 Å². The summed E-state index contributed by atoms with van der Waals surface area (Å²) in [6, 6.07) is 0. The fraction of sp³-hybridized carbons (Fsp3) is 0.667. The van der Waals surface area contributed by atoms with Gasteiger partial charge in [0.2, 0.25) is 0 Å². The summed E-state index contributed by atoms with van der Waals surface area (Å²) in [6.07, 6.45) is 1.44. The number of amides is 1. The van der Waals surface area contributed by atoms with Crippen LogP contribution in [-0.2, 0) is 24.4 Å². The van der Waals surface area contributed by atoms with Crippen LogP contribution in [0.5, 0.6) is 0 Å². The third-order valence-electron chi connectivity index (χ3n) is 2.63. The number of hydrogen-bond acceptors (Lipinski definition) is 4. The van der Waals surface area contributed by atoms with Crippen molar-refractivity contribution in [2.45, 2.75) is 46.0 Å². The van der Waals surface area contributed by atoms with Crippen molar-refractivity contribution in [2.75, 3.05) is 6.54 Å². The molecule has 6 heteroatoms. The van der Waals surface area contributed by atoms with Crippen LogP contribution in [0.4, 0.5) is 4.79 Å². The van der Waals surface area contributed by atoms with Gasteiger partial charge >= 0.3 is 6.09 Å². The van der Waals surface area contributed by atoms with Crippen molar-refractivity contribution in [3.63, 3.8) is 0 Å². The van der Waals surface area contributed by atoms with Gasteiger partial charge in [-0.25, -0.2) is 9.78 Å². The fourth-order valence-corrected chi connectivity index (χ4v) is 1.88. The summed E-state index contributed by atoms with van der Waals surface area (Å²) in [5.74, 6) is 0.873. The summed E-state index contributed by atoms with van der Waals surface area (Å²) in [5.41, 5.74) is 0.683. The Morgan fingerprint density at radius 3 is 3.11 bits per heavy atom. The van der Waals surface area contributed by atoms with Crippen LogP contribution in [-0.4, -0.2) is 27.8 Å². The van der Waals surface area contributed by atoms with E-state index in [1.54, 1.807) is 0 Å². The van der Waals surface area contributed by atoms with Crippen LogP contribution in [0.2, 0.25) is 0 Å². The molecule has 6 nitrogen and oxygen atoms in total. The zero-order valence-corrected chi connectivity index (χ0v) is 11.1. The van der Waals surface area contributed by atoms with Crippen molar-refractivity contribution in [1.82, 2.24) is 20.2 Å². The smallest absolute Gasteiger partial charge is 0.408 e. The molecule has 100 valence electrons. The van der Waals surface area contributed by atoms with Gasteiger partial charge in [0, 0.05) is 25.8 Å². The van der Waals surface area contributed by atoms with Crippen molar-refractivity contribution < 1.29 is 9.53 Å². The van der Waals surface area contributed by atoms with E-state index >= 15 is 0 Å². The maximum Gasteiger partial charge on any atom is 0.408 e. The zero-order chi connectivity index (χ0) is 13.2. The molecule has 2 N–H and O–H groups in total. The summed E-state index contributed by atoms with van der Waals surface area (Å²) in [5, 5.41) is 6.00. The van der Waals surface area contributed by atoms with E-state index in [4.69, 9.17) is 4.74 Å². The molecule has 1 aromatic heterocycles. The van der Waals surface area contributed by atoms with Crippen LogP contribution < -0.4 is 10.6 Å². The molecule has 0 unspecified atom stereocenters. The van der Waals surface area contributed by atoms with Gasteiger partial charge in [0.1, 0.15) is 11.4 Å². The molecule has 0 spiro atoms. The average molecular weight is 252 g/mol. The van der Waals surface area contributed by atoms with Crippen molar-refractivity contribution >= 4 is 6.09 Å². The Bertz CT molecular complexity index is 434. The van der Waals surface area contributed by atoms with Gasteiger partial charge in [-0.1, -0.05) is 0 Å². The first-order chi connectivity index (χ1) is 8.46. The highest BCUT2D eigenvalue weighted by Gasteiger charge is 2.17. The maximum atomic E-state index is 11.5. The highest BCUT2D eigenvalue weighted by molar-refractivity contribution is 5.67. The van der Waals surface area contributed by atoms with E-state index in [0.29, 0.717) is 6.54 Å². The van der Waals surface area contributed by atoms with Gasteiger partial charge in [0.25, 0.3) is 0 Å². The molecule has 18 heavy (non-hydrogen) atoms. The predicted octanol–water partition coefficient (Wildman–Crippen LogP) is 1.01. The van der Waals surface area contributed by atoms with Crippen LogP contribution in [0, 0.1) is 0 Å². The Labute approximate surface area is 107 Å². The normalized spacial score (nSPS) is 15.1. The minimum atomic E-state index is -0.472. The van der Waals surface area contributed by atoms with Gasteiger partial charge in [-0.2, -0.15) is 0 Å². The van der Waals surface area contributed by atoms with Gasteiger partial charge in [-0.05, 0) is 20.8 Å². The largest absolute Gasteiger partial charge is 0.444 e. The lowest BCUT2D eigenvalue weighted by Gasteiger charge is -2.20. The number of fused-ring (bicyclic) bond motifs is 1. The summed E-state index contributed by atoms with van der Waals surface area (Å²) >= 11 is 0. The SMILES string of the molecule is CC(C)(C)OC(=O)NCc1ncc2n1CCNC2. The third kappa shape index (κ3) is 3.22. The van der Waals surface area contributed by atoms with Crippen LogP contribution in [0.15, 0.2) is 6.20 Å². The van der Waals surface area contributed by atoms with Crippen LogP contribution >= 0.6 is 0 Å². The highest BCUT2D eigenvalue weighted by Crippen LogP contribution is 2.10. The number of alkyl carbamates (subject to hydrolysis) is 1. The lowest BCUT2D eigenvalue weighted by molar-refractivity contribution is 0.0521. The minimum Gasteiger partial charge on any atom is -0.444 e. The first kappa shape index (κ1) is 12.9. The molecule has 0 radical (unpaired) electrons. The Morgan fingerprint density at radius 1 is 1.61 bits per heavy atom.